The fraction of sp³-hybridized carbons (Fsp3) is 0.619. The first-order chi connectivity index (χ1) is 15.0. The van der Waals surface area contributed by atoms with Crippen LogP contribution in [0.4, 0.5) is 10.5 Å². The van der Waals surface area contributed by atoms with Crippen LogP contribution >= 0.6 is 11.6 Å². The molecule has 2 fully saturated rings. The number of carbonyl (C=O) groups excluding carboxylic acids is 2. The van der Waals surface area contributed by atoms with Crippen molar-refractivity contribution in [1.29, 1.82) is 0 Å². The number of urea groups is 1. The molecule has 31 heavy (non-hydrogen) atoms. The summed E-state index contributed by atoms with van der Waals surface area (Å²) >= 11 is 5.85. The molecule has 0 bridgehead atoms. The lowest BCUT2D eigenvalue weighted by Gasteiger charge is -2.36. The van der Waals surface area contributed by atoms with Crippen molar-refractivity contribution in [3.63, 3.8) is 0 Å². The molecule has 1 aromatic carbocycles. The highest BCUT2D eigenvalue weighted by molar-refractivity contribution is 6.30. The van der Waals surface area contributed by atoms with Gasteiger partial charge in [-0.15, -0.1) is 0 Å². The van der Waals surface area contributed by atoms with Crippen molar-refractivity contribution in [1.82, 2.24) is 15.5 Å². The lowest BCUT2D eigenvalue weighted by molar-refractivity contribution is -0.123. The van der Waals surface area contributed by atoms with Crippen molar-refractivity contribution in [2.75, 3.05) is 51.3 Å². The molecule has 172 valence electrons. The third-order valence-corrected chi connectivity index (χ3v) is 5.73. The van der Waals surface area contributed by atoms with Gasteiger partial charge in [-0.2, -0.15) is 0 Å². The second-order valence-electron chi connectivity index (χ2n) is 7.80. The van der Waals surface area contributed by atoms with E-state index in [1.54, 1.807) is 24.3 Å². The van der Waals surface area contributed by atoms with E-state index >= 15 is 0 Å². The van der Waals surface area contributed by atoms with Gasteiger partial charge in [0.25, 0.3) is 0 Å². The maximum Gasteiger partial charge on any atom is 0.319 e. The van der Waals surface area contributed by atoms with Gasteiger partial charge in [0.2, 0.25) is 5.91 Å². The van der Waals surface area contributed by atoms with E-state index in [0.29, 0.717) is 49.9 Å². The Morgan fingerprint density at radius 3 is 2.61 bits per heavy atom. The first-order valence-electron chi connectivity index (χ1n) is 10.7. The summed E-state index contributed by atoms with van der Waals surface area (Å²) in [6.07, 6.45) is 1.53. The van der Waals surface area contributed by atoms with Crippen LogP contribution in [0.15, 0.2) is 24.3 Å². The highest BCUT2D eigenvalue weighted by atomic mass is 35.5. The number of nitrogens with zero attached hydrogens (tertiary/aromatic N) is 1. The van der Waals surface area contributed by atoms with Gasteiger partial charge in [0.15, 0.2) is 0 Å². The number of halogens is 1. The third kappa shape index (κ3) is 7.93. The molecule has 3 rings (SSSR count). The van der Waals surface area contributed by atoms with Crippen LogP contribution < -0.4 is 16.0 Å². The Morgan fingerprint density at radius 2 is 1.90 bits per heavy atom. The summed E-state index contributed by atoms with van der Waals surface area (Å²) < 4.78 is 11.2. The first-order valence-corrected chi connectivity index (χ1v) is 11.1. The van der Waals surface area contributed by atoms with Crippen LogP contribution in [0, 0.1) is 0 Å². The predicted octanol–water partition coefficient (Wildman–Crippen LogP) is 1.21. The lowest BCUT2D eigenvalue weighted by atomic mass is 9.97. The normalized spacial score (nSPS) is 24.4. The Hall–Kier alpha value is -1.91. The van der Waals surface area contributed by atoms with Crippen molar-refractivity contribution in [3.8, 4) is 0 Å². The molecule has 0 aromatic heterocycles. The Balaban J connectivity index is 1.36. The molecule has 9 nitrogen and oxygen atoms in total. The van der Waals surface area contributed by atoms with Crippen LogP contribution in [0.25, 0.3) is 0 Å². The number of hydrogen-bond acceptors (Lipinski definition) is 6. The second kappa shape index (κ2) is 12.2. The molecule has 2 heterocycles. The number of aliphatic hydroxyl groups is 1. The molecule has 0 radical (unpaired) electrons. The second-order valence-corrected chi connectivity index (χ2v) is 8.23. The fourth-order valence-corrected chi connectivity index (χ4v) is 3.89. The summed E-state index contributed by atoms with van der Waals surface area (Å²) in [6, 6.07) is 6.18. The molecule has 4 N–H and O–H groups in total. The molecule has 10 heteroatoms. The zero-order chi connectivity index (χ0) is 22.1. The molecule has 1 aromatic rings. The van der Waals surface area contributed by atoms with Crippen molar-refractivity contribution in [2.45, 2.75) is 37.5 Å². The number of carbonyl (C=O) groups is 2. The van der Waals surface area contributed by atoms with E-state index in [4.69, 9.17) is 21.1 Å². The summed E-state index contributed by atoms with van der Waals surface area (Å²) in [5.41, 5.74) is 0.630. The quantitative estimate of drug-likeness (QED) is 0.469. The van der Waals surface area contributed by atoms with Crippen molar-refractivity contribution in [3.05, 3.63) is 29.3 Å². The summed E-state index contributed by atoms with van der Waals surface area (Å²) in [4.78, 5) is 26.4. The average Bonchev–Trinajstić information content (AvgIpc) is 2.77. The maximum atomic E-state index is 12.3. The third-order valence-electron chi connectivity index (χ3n) is 5.47. The van der Waals surface area contributed by atoms with E-state index in [-0.39, 0.29) is 30.7 Å². The minimum Gasteiger partial charge on any atom is -0.394 e. The Labute approximate surface area is 187 Å². The molecule has 2 saturated heterocycles. The van der Waals surface area contributed by atoms with Crippen molar-refractivity contribution < 1.29 is 24.2 Å². The van der Waals surface area contributed by atoms with Gasteiger partial charge >= 0.3 is 6.03 Å². The first kappa shape index (κ1) is 23.7. The molecular weight excluding hydrogens is 424 g/mol. The number of anilines is 1. The van der Waals surface area contributed by atoms with Gasteiger partial charge in [-0.3, -0.25) is 9.69 Å². The number of benzene rings is 1. The van der Waals surface area contributed by atoms with Crippen LogP contribution in [-0.4, -0.2) is 86.2 Å². The summed E-state index contributed by atoms with van der Waals surface area (Å²) in [6.45, 7) is 3.59. The van der Waals surface area contributed by atoms with Crippen LogP contribution in [0.2, 0.25) is 5.02 Å². The molecule has 2 aliphatic rings. The van der Waals surface area contributed by atoms with Crippen LogP contribution in [0.1, 0.15) is 19.3 Å². The highest BCUT2D eigenvalue weighted by Crippen LogP contribution is 2.22. The zero-order valence-electron chi connectivity index (χ0n) is 17.5. The largest absolute Gasteiger partial charge is 0.394 e. The number of amides is 3. The van der Waals surface area contributed by atoms with Crippen LogP contribution in [-0.2, 0) is 14.3 Å². The van der Waals surface area contributed by atoms with Crippen LogP contribution in [0.5, 0.6) is 0 Å². The van der Waals surface area contributed by atoms with E-state index in [0.717, 1.165) is 19.5 Å². The Bertz CT molecular complexity index is 714. The maximum absolute atomic E-state index is 12.3. The topological polar surface area (TPSA) is 112 Å². The van der Waals surface area contributed by atoms with Crippen LogP contribution in [0.3, 0.4) is 0 Å². The van der Waals surface area contributed by atoms with E-state index in [1.165, 1.54) is 0 Å². The molecule has 2 aliphatic heterocycles. The predicted molar refractivity (Wildman–Crippen MR) is 117 cm³/mol. The number of morpholine rings is 1. The number of ether oxygens (including phenoxy) is 2. The SMILES string of the molecule is O=C(CN1CCOCC1)NCC[C@H]1CC[C@@H](NC(=O)Nc2ccc(Cl)cc2)[C@H](CO)O1. The minimum atomic E-state index is -0.487. The van der Waals surface area contributed by atoms with E-state index in [1.807, 2.05) is 0 Å². The smallest absolute Gasteiger partial charge is 0.319 e. The van der Waals surface area contributed by atoms with Gasteiger partial charge < -0.3 is 30.5 Å². The molecule has 3 atom stereocenters. The van der Waals surface area contributed by atoms with Gasteiger partial charge in [0, 0.05) is 30.3 Å². The number of hydrogen-bond donors (Lipinski definition) is 4. The molecular formula is C21H31ClN4O5. The van der Waals surface area contributed by atoms with E-state index in [9.17, 15) is 14.7 Å². The minimum absolute atomic E-state index is 0.00479. The lowest BCUT2D eigenvalue weighted by Crippen LogP contribution is -2.52. The fourth-order valence-electron chi connectivity index (χ4n) is 3.77. The average molecular weight is 455 g/mol. The molecule has 0 spiro atoms. The van der Waals surface area contributed by atoms with E-state index < -0.39 is 6.10 Å². The highest BCUT2D eigenvalue weighted by Gasteiger charge is 2.31. The van der Waals surface area contributed by atoms with Gasteiger partial charge in [0.05, 0.1) is 38.5 Å². The Kier molecular flexibility index (Phi) is 9.35. The molecule has 0 saturated carbocycles. The van der Waals surface area contributed by atoms with Crippen molar-refractivity contribution >= 4 is 29.2 Å². The molecule has 0 aliphatic carbocycles. The standard InChI is InChI=1S/C21H31ClN4O5/c22-15-1-3-16(4-2-15)24-21(29)25-18-6-5-17(31-19(18)14-27)7-8-23-20(28)13-26-9-11-30-12-10-26/h1-4,17-19,27H,5-14H2,(H,23,28)(H2,24,25,29)/t17-,18-,19+/m1/s1. The summed E-state index contributed by atoms with van der Waals surface area (Å²) in [7, 11) is 0. The van der Waals surface area contributed by atoms with Gasteiger partial charge in [0.1, 0.15) is 6.10 Å². The molecule has 0 unspecified atom stereocenters. The molecule has 3 amide bonds. The van der Waals surface area contributed by atoms with E-state index in [2.05, 4.69) is 20.9 Å². The number of aliphatic hydroxyl groups excluding tert-OH is 1. The summed E-state index contributed by atoms with van der Waals surface area (Å²) in [5, 5.41) is 18.9. The van der Waals surface area contributed by atoms with Gasteiger partial charge in [-0.1, -0.05) is 11.6 Å². The summed E-state index contributed by atoms with van der Waals surface area (Å²) in [5.74, 6) is -0.00479. The van der Waals surface area contributed by atoms with Gasteiger partial charge in [-0.25, -0.2) is 4.79 Å². The monoisotopic (exact) mass is 454 g/mol. The number of nitrogens with one attached hydrogen (secondary N) is 3. The van der Waals surface area contributed by atoms with Crippen molar-refractivity contribution in [2.24, 2.45) is 0 Å². The van der Waals surface area contributed by atoms with Gasteiger partial charge in [-0.05, 0) is 43.5 Å². The number of rotatable bonds is 8. The Morgan fingerprint density at radius 1 is 1.16 bits per heavy atom. The zero-order valence-corrected chi connectivity index (χ0v) is 18.3.